The summed E-state index contributed by atoms with van der Waals surface area (Å²) in [7, 11) is 0. The van der Waals surface area contributed by atoms with Crippen LogP contribution in [-0.4, -0.2) is 0 Å². The maximum Gasteiger partial charge on any atom is -0.0357 e. The fourth-order valence-corrected chi connectivity index (χ4v) is 3.22. The lowest BCUT2D eigenvalue weighted by molar-refractivity contribution is 0.441. The largest absolute Gasteiger partial charge is 0.0651 e. The second-order valence-corrected chi connectivity index (χ2v) is 6.30. The van der Waals surface area contributed by atoms with E-state index in [9.17, 15) is 0 Å². The molecule has 0 heterocycles. The predicted molar refractivity (Wildman–Crippen MR) is 66.8 cm³/mol. The van der Waals surface area contributed by atoms with Gasteiger partial charge in [0.05, 0.1) is 0 Å². The zero-order valence-electron chi connectivity index (χ0n) is 10.8. The minimum absolute atomic E-state index is 0.999. The molecular weight excluding hydrogens is 180 g/mol. The summed E-state index contributed by atoms with van der Waals surface area (Å²) in [4.78, 5) is 0. The van der Waals surface area contributed by atoms with Crippen LogP contribution in [0.3, 0.4) is 0 Å². The number of hydrogen-bond acceptors (Lipinski definition) is 0. The van der Waals surface area contributed by atoms with Crippen LogP contribution in [0, 0.1) is 29.6 Å². The molecular formula is C15H28. The van der Waals surface area contributed by atoms with Gasteiger partial charge in [0, 0.05) is 0 Å². The molecule has 5 atom stereocenters. The van der Waals surface area contributed by atoms with E-state index in [4.69, 9.17) is 0 Å². The van der Waals surface area contributed by atoms with Crippen LogP contribution < -0.4 is 0 Å². The SMILES string of the molecule is CCC(C)C1CC1CCCCC1CC1C. The van der Waals surface area contributed by atoms with Crippen LogP contribution in [-0.2, 0) is 0 Å². The molecule has 2 aliphatic carbocycles. The Morgan fingerprint density at radius 3 is 2.20 bits per heavy atom. The summed E-state index contributed by atoms with van der Waals surface area (Å²) in [6.07, 6.45) is 10.6. The highest BCUT2D eigenvalue weighted by atomic mass is 14.4. The van der Waals surface area contributed by atoms with Crippen LogP contribution in [0.5, 0.6) is 0 Å². The monoisotopic (exact) mass is 208 g/mol. The van der Waals surface area contributed by atoms with E-state index in [1.807, 2.05) is 0 Å². The number of unbranched alkanes of at least 4 members (excludes halogenated alkanes) is 1. The summed E-state index contributed by atoms with van der Waals surface area (Å²) in [6.45, 7) is 7.19. The van der Waals surface area contributed by atoms with Gasteiger partial charge in [-0.15, -0.1) is 0 Å². The summed E-state index contributed by atoms with van der Waals surface area (Å²) in [6, 6.07) is 0. The quantitative estimate of drug-likeness (QED) is 0.523. The van der Waals surface area contributed by atoms with E-state index in [2.05, 4.69) is 20.8 Å². The van der Waals surface area contributed by atoms with Crippen molar-refractivity contribution in [1.82, 2.24) is 0 Å². The van der Waals surface area contributed by atoms with Gasteiger partial charge in [0.15, 0.2) is 0 Å². The molecule has 0 spiro atoms. The standard InChI is InChI=1S/C15H28/c1-4-11(2)15-10-14(15)8-6-5-7-13-9-12(13)3/h11-15H,4-10H2,1-3H3. The molecule has 0 aliphatic heterocycles. The van der Waals surface area contributed by atoms with Crippen LogP contribution in [0.1, 0.15) is 65.7 Å². The Hall–Kier alpha value is 0. The van der Waals surface area contributed by atoms with Gasteiger partial charge in [-0.25, -0.2) is 0 Å². The predicted octanol–water partition coefficient (Wildman–Crippen LogP) is 4.89. The number of hydrogen-bond donors (Lipinski definition) is 0. The highest BCUT2D eigenvalue weighted by Crippen LogP contribution is 2.48. The topological polar surface area (TPSA) is 0 Å². The van der Waals surface area contributed by atoms with Gasteiger partial charge in [-0.1, -0.05) is 52.9 Å². The highest BCUT2D eigenvalue weighted by molar-refractivity contribution is 4.89. The molecule has 0 bridgehead atoms. The van der Waals surface area contributed by atoms with Crippen molar-refractivity contribution in [1.29, 1.82) is 0 Å². The zero-order chi connectivity index (χ0) is 10.8. The van der Waals surface area contributed by atoms with Gasteiger partial charge in [-0.3, -0.25) is 0 Å². The fourth-order valence-electron chi connectivity index (χ4n) is 3.22. The first-order valence-corrected chi connectivity index (χ1v) is 7.22. The van der Waals surface area contributed by atoms with E-state index in [0.717, 1.165) is 29.6 Å². The van der Waals surface area contributed by atoms with E-state index < -0.39 is 0 Å². The van der Waals surface area contributed by atoms with Crippen molar-refractivity contribution in [2.75, 3.05) is 0 Å². The molecule has 0 aromatic rings. The second kappa shape index (κ2) is 4.89. The second-order valence-electron chi connectivity index (χ2n) is 6.30. The molecule has 2 saturated carbocycles. The van der Waals surface area contributed by atoms with Gasteiger partial charge in [0.2, 0.25) is 0 Å². The molecule has 2 rings (SSSR count). The Balaban J connectivity index is 1.46. The first kappa shape index (κ1) is 11.5. The molecule has 15 heavy (non-hydrogen) atoms. The normalized spacial score (nSPS) is 40.2. The molecule has 0 radical (unpaired) electrons. The van der Waals surface area contributed by atoms with E-state index in [1.165, 1.54) is 38.5 Å². The van der Waals surface area contributed by atoms with Gasteiger partial charge in [0.1, 0.15) is 0 Å². The van der Waals surface area contributed by atoms with Gasteiger partial charge >= 0.3 is 0 Å². The van der Waals surface area contributed by atoms with Crippen LogP contribution in [0.15, 0.2) is 0 Å². The Morgan fingerprint density at radius 1 is 1.07 bits per heavy atom. The van der Waals surface area contributed by atoms with Gasteiger partial charge in [-0.05, 0) is 42.4 Å². The van der Waals surface area contributed by atoms with Crippen molar-refractivity contribution < 1.29 is 0 Å². The maximum absolute atomic E-state index is 2.44. The van der Waals surface area contributed by atoms with Crippen molar-refractivity contribution in [3.63, 3.8) is 0 Å². The summed E-state index contributed by atoms with van der Waals surface area (Å²) in [5, 5.41) is 0. The first-order chi connectivity index (χ1) is 7.22. The Morgan fingerprint density at radius 2 is 1.67 bits per heavy atom. The van der Waals surface area contributed by atoms with Crippen molar-refractivity contribution in [3.8, 4) is 0 Å². The van der Waals surface area contributed by atoms with E-state index in [-0.39, 0.29) is 0 Å². The van der Waals surface area contributed by atoms with E-state index >= 15 is 0 Å². The van der Waals surface area contributed by atoms with E-state index in [1.54, 1.807) is 6.42 Å². The summed E-state index contributed by atoms with van der Waals surface area (Å²) < 4.78 is 0. The fraction of sp³-hybridized carbons (Fsp3) is 1.00. The Kier molecular flexibility index (Phi) is 3.74. The third-order valence-electron chi connectivity index (χ3n) is 5.03. The Labute approximate surface area is 95.8 Å². The van der Waals surface area contributed by atoms with Crippen molar-refractivity contribution in [2.45, 2.75) is 65.7 Å². The highest BCUT2D eigenvalue weighted by Gasteiger charge is 2.39. The van der Waals surface area contributed by atoms with Gasteiger partial charge in [-0.2, -0.15) is 0 Å². The number of rotatable bonds is 7. The van der Waals surface area contributed by atoms with Crippen molar-refractivity contribution in [2.24, 2.45) is 29.6 Å². The molecule has 0 heteroatoms. The molecule has 2 aliphatic rings. The van der Waals surface area contributed by atoms with Crippen LogP contribution in [0.25, 0.3) is 0 Å². The molecule has 5 unspecified atom stereocenters. The molecule has 0 amide bonds. The van der Waals surface area contributed by atoms with Crippen LogP contribution in [0.2, 0.25) is 0 Å². The lowest BCUT2D eigenvalue weighted by Crippen LogP contribution is -1.97. The maximum atomic E-state index is 2.44. The molecule has 88 valence electrons. The third-order valence-corrected chi connectivity index (χ3v) is 5.03. The minimum Gasteiger partial charge on any atom is -0.0651 e. The van der Waals surface area contributed by atoms with Crippen LogP contribution >= 0.6 is 0 Å². The van der Waals surface area contributed by atoms with Gasteiger partial charge < -0.3 is 0 Å². The molecule has 0 saturated heterocycles. The minimum atomic E-state index is 0.999. The van der Waals surface area contributed by atoms with E-state index in [0.29, 0.717) is 0 Å². The summed E-state index contributed by atoms with van der Waals surface area (Å²) >= 11 is 0. The average molecular weight is 208 g/mol. The summed E-state index contributed by atoms with van der Waals surface area (Å²) in [5.41, 5.74) is 0. The zero-order valence-corrected chi connectivity index (χ0v) is 10.8. The smallest absolute Gasteiger partial charge is 0.0357 e. The first-order valence-electron chi connectivity index (χ1n) is 7.22. The summed E-state index contributed by atoms with van der Waals surface area (Å²) in [5.74, 6) is 5.42. The molecule has 0 aromatic heterocycles. The average Bonchev–Trinajstić information content (AvgIpc) is 3.10. The lowest BCUT2D eigenvalue weighted by Gasteiger charge is -2.06. The van der Waals surface area contributed by atoms with Crippen molar-refractivity contribution in [3.05, 3.63) is 0 Å². The van der Waals surface area contributed by atoms with Gasteiger partial charge in [0.25, 0.3) is 0 Å². The Bertz CT molecular complexity index is 196. The molecule has 0 nitrogen and oxygen atoms in total. The van der Waals surface area contributed by atoms with Crippen LogP contribution in [0.4, 0.5) is 0 Å². The van der Waals surface area contributed by atoms with Crippen molar-refractivity contribution >= 4 is 0 Å². The third kappa shape index (κ3) is 3.23. The molecule has 0 N–H and O–H groups in total. The molecule has 0 aromatic carbocycles. The molecule has 2 fully saturated rings. The lowest BCUT2D eigenvalue weighted by atomic mass is 9.99.